The minimum atomic E-state index is 0.113. The third-order valence-corrected chi connectivity index (χ3v) is 5.14. The normalized spacial score (nSPS) is 26.8. The maximum atomic E-state index is 11.8. The molecule has 6 heteroatoms. The van der Waals surface area contributed by atoms with Crippen LogP contribution in [-0.4, -0.2) is 47.0 Å². The molecule has 2 aliphatic rings. The molecule has 1 N–H and O–H groups in total. The lowest BCUT2D eigenvalue weighted by Gasteiger charge is -2.37. The predicted molar refractivity (Wildman–Crippen MR) is 85.6 cm³/mol. The van der Waals surface area contributed by atoms with Crippen molar-refractivity contribution in [3.8, 4) is 0 Å². The molecule has 5 nitrogen and oxygen atoms in total. The molecule has 0 bridgehead atoms. The number of thiazole rings is 1. The van der Waals surface area contributed by atoms with E-state index >= 15 is 0 Å². The van der Waals surface area contributed by atoms with Gasteiger partial charge in [-0.3, -0.25) is 14.6 Å². The molecule has 21 heavy (non-hydrogen) atoms. The molecule has 1 aromatic rings. The van der Waals surface area contributed by atoms with Crippen molar-refractivity contribution in [2.24, 2.45) is 0 Å². The zero-order valence-electron chi connectivity index (χ0n) is 13.0. The van der Waals surface area contributed by atoms with Crippen molar-refractivity contribution in [2.75, 3.05) is 18.0 Å². The molecule has 1 saturated heterocycles. The van der Waals surface area contributed by atoms with Crippen molar-refractivity contribution in [1.82, 2.24) is 15.2 Å². The maximum Gasteiger partial charge on any atom is 0.225 e. The summed E-state index contributed by atoms with van der Waals surface area (Å²) in [5, 5.41) is 6.47. The molecule has 1 aromatic heterocycles. The molecule has 2 fully saturated rings. The minimum Gasteiger partial charge on any atom is -0.311 e. The Morgan fingerprint density at radius 3 is 2.95 bits per heavy atom. The van der Waals surface area contributed by atoms with Crippen LogP contribution in [0, 0.1) is 0 Å². The summed E-state index contributed by atoms with van der Waals surface area (Å²) < 4.78 is 0. The number of aromatic nitrogens is 1. The molecule has 3 rings (SSSR count). The van der Waals surface area contributed by atoms with Gasteiger partial charge in [-0.2, -0.15) is 0 Å². The van der Waals surface area contributed by atoms with Crippen LogP contribution in [0.1, 0.15) is 39.3 Å². The third kappa shape index (κ3) is 3.44. The van der Waals surface area contributed by atoms with E-state index < -0.39 is 0 Å². The zero-order chi connectivity index (χ0) is 15.0. The largest absolute Gasteiger partial charge is 0.311 e. The number of anilines is 1. The first-order valence-corrected chi connectivity index (χ1v) is 8.64. The molecule has 0 aromatic carbocycles. The predicted octanol–water partition coefficient (Wildman–Crippen LogP) is 1.84. The first-order chi connectivity index (χ1) is 10.0. The fourth-order valence-corrected chi connectivity index (χ4v) is 3.82. The average molecular weight is 308 g/mol. The van der Waals surface area contributed by atoms with Gasteiger partial charge < -0.3 is 5.32 Å². The Kier molecular flexibility index (Phi) is 4.28. The van der Waals surface area contributed by atoms with E-state index in [1.165, 1.54) is 0 Å². The minimum absolute atomic E-state index is 0.113. The van der Waals surface area contributed by atoms with Crippen molar-refractivity contribution < 1.29 is 4.79 Å². The van der Waals surface area contributed by atoms with Crippen LogP contribution in [0.15, 0.2) is 5.38 Å². The average Bonchev–Trinajstić information content (AvgIpc) is 3.14. The molecule has 2 atom stereocenters. The molecule has 0 spiro atoms. The van der Waals surface area contributed by atoms with Gasteiger partial charge in [-0.25, -0.2) is 4.98 Å². The molecule has 2 heterocycles. The van der Waals surface area contributed by atoms with Crippen molar-refractivity contribution in [1.29, 1.82) is 0 Å². The van der Waals surface area contributed by atoms with Crippen LogP contribution < -0.4 is 10.2 Å². The Morgan fingerprint density at radius 1 is 1.52 bits per heavy atom. The van der Waals surface area contributed by atoms with E-state index in [0.717, 1.165) is 43.3 Å². The smallest absolute Gasteiger partial charge is 0.225 e. The number of nitrogens with one attached hydrogen (secondary N) is 1. The first-order valence-electron chi connectivity index (χ1n) is 7.76. The highest BCUT2D eigenvalue weighted by molar-refractivity contribution is 7.14. The van der Waals surface area contributed by atoms with Crippen LogP contribution in [0.5, 0.6) is 0 Å². The van der Waals surface area contributed by atoms with Gasteiger partial charge in [0.25, 0.3) is 0 Å². The number of hydrogen-bond acceptors (Lipinski definition) is 5. The fourth-order valence-electron chi connectivity index (χ4n) is 2.89. The quantitative estimate of drug-likeness (QED) is 0.922. The summed E-state index contributed by atoms with van der Waals surface area (Å²) >= 11 is 1.60. The van der Waals surface area contributed by atoms with Crippen molar-refractivity contribution in [3.63, 3.8) is 0 Å². The molecule has 1 amide bonds. The monoisotopic (exact) mass is 308 g/mol. The van der Waals surface area contributed by atoms with Crippen LogP contribution in [0.2, 0.25) is 0 Å². The van der Waals surface area contributed by atoms with Crippen LogP contribution in [-0.2, 0) is 11.3 Å². The van der Waals surface area contributed by atoms with Gasteiger partial charge in [-0.1, -0.05) is 0 Å². The third-order valence-electron chi connectivity index (χ3n) is 4.26. The number of carbonyl (C=O) groups excluding carboxylic acids is 1. The van der Waals surface area contributed by atoms with E-state index in [9.17, 15) is 4.79 Å². The second-order valence-electron chi connectivity index (χ2n) is 6.33. The fraction of sp³-hybridized carbons (Fsp3) is 0.733. The lowest BCUT2D eigenvalue weighted by atomic mass is 10.1. The molecule has 1 saturated carbocycles. The maximum absolute atomic E-state index is 11.8. The first kappa shape index (κ1) is 14.9. The van der Waals surface area contributed by atoms with Crippen LogP contribution >= 0.6 is 11.3 Å². The second kappa shape index (κ2) is 6.02. The molecule has 0 radical (unpaired) electrons. The van der Waals surface area contributed by atoms with Crippen LogP contribution in [0.3, 0.4) is 0 Å². The highest BCUT2D eigenvalue weighted by Gasteiger charge is 2.34. The van der Waals surface area contributed by atoms with Crippen molar-refractivity contribution in [3.05, 3.63) is 11.1 Å². The summed E-state index contributed by atoms with van der Waals surface area (Å²) in [6.07, 6.45) is 2.22. The summed E-state index contributed by atoms with van der Waals surface area (Å²) in [4.78, 5) is 20.8. The summed E-state index contributed by atoms with van der Waals surface area (Å²) in [7, 11) is 0. The van der Waals surface area contributed by atoms with Gasteiger partial charge >= 0.3 is 0 Å². The number of amides is 1. The summed E-state index contributed by atoms with van der Waals surface area (Å²) in [6.45, 7) is 9.06. The Bertz CT molecular complexity index is 514. The highest BCUT2D eigenvalue weighted by atomic mass is 32.1. The highest BCUT2D eigenvalue weighted by Crippen LogP contribution is 2.33. The molecule has 116 valence electrons. The second-order valence-corrected chi connectivity index (χ2v) is 7.17. The zero-order valence-corrected chi connectivity index (χ0v) is 13.8. The van der Waals surface area contributed by atoms with Crippen LogP contribution in [0.4, 0.5) is 5.13 Å². The number of nitrogens with zero attached hydrogens (tertiary/aromatic N) is 3. The van der Waals surface area contributed by atoms with Crippen LogP contribution in [0.25, 0.3) is 0 Å². The Hall–Kier alpha value is -0.980. The van der Waals surface area contributed by atoms with E-state index in [0.29, 0.717) is 18.1 Å². The Labute approximate surface area is 130 Å². The van der Waals surface area contributed by atoms with Gasteiger partial charge in [0.2, 0.25) is 5.91 Å². The van der Waals surface area contributed by atoms with Crippen molar-refractivity contribution >= 4 is 22.4 Å². The van der Waals surface area contributed by atoms with Gasteiger partial charge in [0.1, 0.15) is 0 Å². The molecule has 1 aliphatic carbocycles. The lowest BCUT2D eigenvalue weighted by molar-refractivity contribution is -0.116. The van der Waals surface area contributed by atoms with E-state index in [4.69, 9.17) is 4.98 Å². The van der Waals surface area contributed by atoms with Crippen molar-refractivity contribution in [2.45, 2.75) is 58.3 Å². The summed E-state index contributed by atoms with van der Waals surface area (Å²) in [5.41, 5.74) is 1.09. The van der Waals surface area contributed by atoms with Gasteiger partial charge in [-0.15, -0.1) is 11.3 Å². The topological polar surface area (TPSA) is 48.5 Å². The number of piperazine rings is 1. The number of hydrogen-bond donors (Lipinski definition) is 1. The standard InChI is InChI=1S/C15H24N4OS/c1-10-7-18(11(2)6-16-10)8-13-9-21-15(17-13)19(12(3)20)14-4-5-14/h9-11,14,16H,4-8H2,1-3H3. The number of rotatable bonds is 4. The van der Waals surface area contributed by atoms with Gasteiger partial charge in [0, 0.05) is 50.1 Å². The molecular weight excluding hydrogens is 284 g/mol. The molecule has 2 unspecified atom stereocenters. The van der Waals surface area contributed by atoms with E-state index in [1.807, 2.05) is 4.90 Å². The van der Waals surface area contributed by atoms with E-state index in [2.05, 4.69) is 29.4 Å². The summed E-state index contributed by atoms with van der Waals surface area (Å²) in [5.74, 6) is 0.113. The van der Waals surface area contributed by atoms with Gasteiger partial charge in [-0.05, 0) is 26.7 Å². The van der Waals surface area contributed by atoms with E-state index in [-0.39, 0.29) is 5.91 Å². The molecular formula is C15H24N4OS. The number of carbonyl (C=O) groups is 1. The molecule has 1 aliphatic heterocycles. The Morgan fingerprint density at radius 2 is 2.29 bits per heavy atom. The summed E-state index contributed by atoms with van der Waals surface area (Å²) in [6, 6.07) is 1.44. The lowest BCUT2D eigenvalue weighted by Crippen LogP contribution is -2.53. The van der Waals surface area contributed by atoms with Gasteiger partial charge in [0.05, 0.1) is 5.69 Å². The SMILES string of the molecule is CC(=O)N(c1nc(CN2CC(C)NCC2C)cs1)C1CC1. The Balaban J connectivity index is 1.68. The van der Waals surface area contributed by atoms with E-state index in [1.54, 1.807) is 18.3 Å². The van der Waals surface area contributed by atoms with Gasteiger partial charge in [0.15, 0.2) is 5.13 Å².